The first-order valence-corrected chi connectivity index (χ1v) is 9.86. The van der Waals surface area contributed by atoms with E-state index < -0.39 is 0 Å². The summed E-state index contributed by atoms with van der Waals surface area (Å²) in [6.45, 7) is 7.51. The lowest BCUT2D eigenvalue weighted by Gasteiger charge is -2.33. The monoisotopic (exact) mass is 381 g/mol. The number of rotatable bonds is 7. The average Bonchev–Trinajstić information content (AvgIpc) is 3.30. The SMILES string of the molecule is Cc1cc(CN2CCN(CC(=O)NCCc3c[nH]c4ccccc34)CC2)no1. The number of carbonyl (C=O) groups excluding carboxylic acids is 1. The van der Waals surface area contributed by atoms with Gasteiger partial charge in [-0.3, -0.25) is 14.6 Å². The van der Waals surface area contributed by atoms with Gasteiger partial charge >= 0.3 is 0 Å². The molecular weight excluding hydrogens is 354 g/mol. The van der Waals surface area contributed by atoms with Gasteiger partial charge in [-0.15, -0.1) is 0 Å². The van der Waals surface area contributed by atoms with E-state index in [1.807, 2.05) is 31.3 Å². The zero-order chi connectivity index (χ0) is 19.3. The summed E-state index contributed by atoms with van der Waals surface area (Å²) in [5.74, 6) is 0.943. The molecule has 0 saturated carbocycles. The van der Waals surface area contributed by atoms with Gasteiger partial charge in [-0.05, 0) is 25.0 Å². The van der Waals surface area contributed by atoms with E-state index in [4.69, 9.17) is 4.52 Å². The quantitative estimate of drug-likeness (QED) is 0.654. The zero-order valence-corrected chi connectivity index (χ0v) is 16.3. The largest absolute Gasteiger partial charge is 0.361 e. The molecule has 2 N–H and O–H groups in total. The maximum Gasteiger partial charge on any atom is 0.234 e. The Labute approximate surface area is 164 Å². The molecule has 1 aliphatic rings. The number of piperazine rings is 1. The van der Waals surface area contributed by atoms with E-state index in [1.54, 1.807) is 0 Å². The van der Waals surface area contributed by atoms with Gasteiger partial charge in [-0.2, -0.15) is 0 Å². The minimum atomic E-state index is 0.0976. The van der Waals surface area contributed by atoms with E-state index in [0.717, 1.165) is 56.1 Å². The standard InChI is InChI=1S/C21H27N5O2/c1-16-12-18(24-28-16)14-25-8-10-26(11-9-25)15-21(27)22-7-6-17-13-23-20-5-3-2-4-19(17)20/h2-5,12-13,23H,6-11,14-15H2,1H3,(H,22,27). The number of aryl methyl sites for hydroxylation is 1. The first-order valence-electron chi connectivity index (χ1n) is 9.86. The van der Waals surface area contributed by atoms with Crippen molar-refractivity contribution in [3.05, 3.63) is 53.5 Å². The Bertz CT molecular complexity index is 924. The molecule has 4 rings (SSSR count). The summed E-state index contributed by atoms with van der Waals surface area (Å²) < 4.78 is 5.13. The normalized spacial score (nSPS) is 15.9. The first-order chi connectivity index (χ1) is 13.7. The highest BCUT2D eigenvalue weighted by Gasteiger charge is 2.19. The van der Waals surface area contributed by atoms with Crippen molar-refractivity contribution in [3.8, 4) is 0 Å². The minimum Gasteiger partial charge on any atom is -0.361 e. The van der Waals surface area contributed by atoms with Crippen molar-refractivity contribution in [2.45, 2.75) is 19.9 Å². The summed E-state index contributed by atoms with van der Waals surface area (Å²) in [7, 11) is 0. The second-order valence-electron chi connectivity index (χ2n) is 7.44. The lowest BCUT2D eigenvalue weighted by atomic mass is 10.1. The maximum atomic E-state index is 12.3. The van der Waals surface area contributed by atoms with Crippen molar-refractivity contribution in [2.75, 3.05) is 39.3 Å². The molecule has 7 nitrogen and oxygen atoms in total. The van der Waals surface area contributed by atoms with Crippen LogP contribution in [0.3, 0.4) is 0 Å². The summed E-state index contributed by atoms with van der Waals surface area (Å²) in [5.41, 5.74) is 3.36. The molecule has 0 bridgehead atoms. The molecule has 1 aliphatic heterocycles. The molecule has 1 aromatic carbocycles. The number of para-hydroxylation sites is 1. The fraction of sp³-hybridized carbons (Fsp3) is 0.429. The van der Waals surface area contributed by atoms with E-state index in [2.05, 4.69) is 37.4 Å². The van der Waals surface area contributed by atoms with E-state index >= 15 is 0 Å². The van der Waals surface area contributed by atoms with Gasteiger partial charge in [0.25, 0.3) is 0 Å². The van der Waals surface area contributed by atoms with E-state index in [1.165, 1.54) is 10.9 Å². The fourth-order valence-electron chi connectivity index (χ4n) is 3.76. The molecule has 28 heavy (non-hydrogen) atoms. The Kier molecular flexibility index (Phi) is 5.73. The van der Waals surface area contributed by atoms with Crippen LogP contribution in [0.5, 0.6) is 0 Å². The molecule has 3 aromatic rings. The number of H-pyrrole nitrogens is 1. The van der Waals surface area contributed by atoms with Crippen LogP contribution in [0.4, 0.5) is 0 Å². The Morgan fingerprint density at radius 3 is 2.79 bits per heavy atom. The second kappa shape index (κ2) is 8.58. The number of carbonyl (C=O) groups is 1. The summed E-state index contributed by atoms with van der Waals surface area (Å²) >= 11 is 0. The molecule has 0 aliphatic carbocycles. The van der Waals surface area contributed by atoms with Crippen LogP contribution in [-0.2, 0) is 17.8 Å². The third-order valence-electron chi connectivity index (χ3n) is 5.29. The van der Waals surface area contributed by atoms with Crippen LogP contribution in [0, 0.1) is 6.92 Å². The predicted octanol–water partition coefficient (Wildman–Crippen LogP) is 1.94. The number of aromatic nitrogens is 2. The summed E-state index contributed by atoms with van der Waals surface area (Å²) in [5, 5.41) is 8.34. The smallest absolute Gasteiger partial charge is 0.234 e. The Morgan fingerprint density at radius 2 is 2.00 bits per heavy atom. The van der Waals surface area contributed by atoms with Crippen LogP contribution in [0.25, 0.3) is 10.9 Å². The van der Waals surface area contributed by atoms with E-state index in [9.17, 15) is 4.79 Å². The van der Waals surface area contributed by atoms with Crippen molar-refractivity contribution in [1.82, 2.24) is 25.3 Å². The van der Waals surface area contributed by atoms with Crippen LogP contribution in [0.2, 0.25) is 0 Å². The number of hydrogen-bond donors (Lipinski definition) is 2. The maximum absolute atomic E-state index is 12.3. The second-order valence-corrected chi connectivity index (χ2v) is 7.44. The van der Waals surface area contributed by atoms with Gasteiger partial charge in [0.1, 0.15) is 5.76 Å². The molecule has 1 saturated heterocycles. The van der Waals surface area contributed by atoms with Gasteiger partial charge in [0.15, 0.2) is 0 Å². The van der Waals surface area contributed by atoms with Gasteiger partial charge < -0.3 is 14.8 Å². The third kappa shape index (κ3) is 4.61. The molecule has 2 aromatic heterocycles. The van der Waals surface area contributed by atoms with Crippen molar-refractivity contribution in [3.63, 3.8) is 0 Å². The van der Waals surface area contributed by atoms with Gasteiger partial charge in [-0.25, -0.2) is 0 Å². The fourth-order valence-corrected chi connectivity index (χ4v) is 3.76. The molecule has 7 heteroatoms. The van der Waals surface area contributed by atoms with Gasteiger partial charge in [0, 0.05) is 62.4 Å². The molecule has 1 amide bonds. The first kappa shape index (κ1) is 18.7. The average molecular weight is 381 g/mol. The van der Waals surface area contributed by atoms with Crippen LogP contribution in [-0.4, -0.2) is 65.1 Å². The van der Waals surface area contributed by atoms with Crippen molar-refractivity contribution < 1.29 is 9.32 Å². The number of nitrogens with one attached hydrogen (secondary N) is 2. The highest BCUT2D eigenvalue weighted by atomic mass is 16.5. The van der Waals surface area contributed by atoms with Gasteiger partial charge in [0.2, 0.25) is 5.91 Å². The van der Waals surface area contributed by atoms with Crippen molar-refractivity contribution in [1.29, 1.82) is 0 Å². The summed E-state index contributed by atoms with van der Waals surface area (Å²) in [4.78, 5) is 20.1. The molecule has 0 atom stereocenters. The van der Waals surface area contributed by atoms with Crippen LogP contribution in [0.15, 0.2) is 41.1 Å². The van der Waals surface area contributed by atoms with Gasteiger partial charge in [-0.1, -0.05) is 23.4 Å². The number of nitrogens with zero attached hydrogens (tertiary/aromatic N) is 3. The van der Waals surface area contributed by atoms with Crippen LogP contribution in [0.1, 0.15) is 17.0 Å². The van der Waals surface area contributed by atoms with Crippen LogP contribution < -0.4 is 5.32 Å². The Balaban J connectivity index is 1.16. The number of hydrogen-bond acceptors (Lipinski definition) is 5. The van der Waals surface area contributed by atoms with Gasteiger partial charge in [0.05, 0.1) is 12.2 Å². The number of benzene rings is 1. The predicted molar refractivity (Wildman–Crippen MR) is 108 cm³/mol. The number of fused-ring (bicyclic) bond motifs is 1. The summed E-state index contributed by atoms with van der Waals surface area (Å²) in [6.07, 6.45) is 2.87. The molecule has 148 valence electrons. The lowest BCUT2D eigenvalue weighted by molar-refractivity contribution is -0.122. The number of aromatic amines is 1. The Morgan fingerprint density at radius 1 is 1.21 bits per heavy atom. The van der Waals surface area contributed by atoms with Crippen LogP contribution >= 0.6 is 0 Å². The topological polar surface area (TPSA) is 77.4 Å². The third-order valence-corrected chi connectivity index (χ3v) is 5.29. The molecular formula is C21H27N5O2. The molecule has 3 heterocycles. The highest BCUT2D eigenvalue weighted by Crippen LogP contribution is 2.17. The highest BCUT2D eigenvalue weighted by molar-refractivity contribution is 5.83. The molecule has 0 radical (unpaired) electrons. The molecule has 1 fully saturated rings. The molecule has 0 spiro atoms. The Hall–Kier alpha value is -2.64. The lowest BCUT2D eigenvalue weighted by Crippen LogP contribution is -2.49. The zero-order valence-electron chi connectivity index (χ0n) is 16.3. The van der Waals surface area contributed by atoms with E-state index in [-0.39, 0.29) is 5.91 Å². The number of amides is 1. The van der Waals surface area contributed by atoms with E-state index in [0.29, 0.717) is 13.1 Å². The van der Waals surface area contributed by atoms with Crippen molar-refractivity contribution >= 4 is 16.8 Å². The minimum absolute atomic E-state index is 0.0976. The van der Waals surface area contributed by atoms with Crippen molar-refractivity contribution in [2.24, 2.45) is 0 Å². The summed E-state index contributed by atoms with van der Waals surface area (Å²) in [6, 6.07) is 10.2. The molecule has 0 unspecified atom stereocenters.